The molecule has 0 aliphatic heterocycles. The first-order chi connectivity index (χ1) is 15.7. The van der Waals surface area contributed by atoms with E-state index in [1.807, 2.05) is 0 Å². The minimum Gasteiger partial charge on any atom is -0.451 e. The fourth-order valence-electron chi connectivity index (χ4n) is 2.63. The van der Waals surface area contributed by atoms with E-state index >= 15 is 0 Å². The number of hydrogen-bond acceptors (Lipinski definition) is 6. The monoisotopic (exact) mass is 493 g/mol. The molecule has 2 atom stereocenters. The SMILES string of the molecule is C[C@H](OC(=O)[C@@H](C)NC(=O)c1ccccc1Cl)C(=O)Nc1nc(-c2ccc(F)c(F)c2)cs1. The summed E-state index contributed by atoms with van der Waals surface area (Å²) in [4.78, 5) is 41.1. The minimum absolute atomic E-state index is 0.183. The number of benzene rings is 2. The van der Waals surface area contributed by atoms with Crippen LogP contribution in [-0.4, -0.2) is 34.9 Å². The number of aromatic nitrogens is 1. The van der Waals surface area contributed by atoms with Gasteiger partial charge in [-0.3, -0.25) is 14.9 Å². The number of hydrogen-bond donors (Lipinski definition) is 2. The van der Waals surface area contributed by atoms with E-state index in [0.29, 0.717) is 11.3 Å². The summed E-state index contributed by atoms with van der Waals surface area (Å²) >= 11 is 7.03. The van der Waals surface area contributed by atoms with E-state index in [1.54, 1.807) is 23.6 Å². The topological polar surface area (TPSA) is 97.4 Å². The number of nitrogens with one attached hydrogen (secondary N) is 2. The van der Waals surface area contributed by atoms with Crippen molar-refractivity contribution in [2.24, 2.45) is 0 Å². The maximum absolute atomic E-state index is 13.4. The normalized spacial score (nSPS) is 12.5. The van der Waals surface area contributed by atoms with Gasteiger partial charge in [0.1, 0.15) is 6.04 Å². The highest BCUT2D eigenvalue weighted by atomic mass is 35.5. The molecule has 0 aliphatic rings. The summed E-state index contributed by atoms with van der Waals surface area (Å²) in [7, 11) is 0. The molecule has 0 saturated carbocycles. The minimum atomic E-state index is -1.19. The Labute approximate surface area is 196 Å². The van der Waals surface area contributed by atoms with Crippen molar-refractivity contribution in [2.75, 3.05) is 5.32 Å². The van der Waals surface area contributed by atoms with Gasteiger partial charge in [0.15, 0.2) is 22.9 Å². The summed E-state index contributed by atoms with van der Waals surface area (Å²) in [6, 6.07) is 8.66. The van der Waals surface area contributed by atoms with Crippen LogP contribution in [-0.2, 0) is 14.3 Å². The number of carbonyl (C=O) groups excluding carboxylic acids is 3. The largest absolute Gasteiger partial charge is 0.451 e. The lowest BCUT2D eigenvalue weighted by atomic mass is 10.2. The van der Waals surface area contributed by atoms with E-state index in [-0.39, 0.29) is 15.7 Å². The molecule has 0 saturated heterocycles. The molecule has 0 spiro atoms. The van der Waals surface area contributed by atoms with Crippen molar-refractivity contribution in [3.63, 3.8) is 0 Å². The van der Waals surface area contributed by atoms with Gasteiger partial charge in [-0.25, -0.2) is 18.6 Å². The highest BCUT2D eigenvalue weighted by molar-refractivity contribution is 7.14. The first-order valence-corrected chi connectivity index (χ1v) is 10.9. The van der Waals surface area contributed by atoms with Gasteiger partial charge in [0, 0.05) is 10.9 Å². The zero-order valence-electron chi connectivity index (χ0n) is 17.4. The van der Waals surface area contributed by atoms with Gasteiger partial charge in [-0.2, -0.15) is 0 Å². The molecule has 1 heterocycles. The molecule has 172 valence electrons. The summed E-state index contributed by atoms with van der Waals surface area (Å²) in [6.07, 6.45) is -1.19. The Hall–Kier alpha value is -3.37. The van der Waals surface area contributed by atoms with Crippen molar-refractivity contribution in [1.82, 2.24) is 10.3 Å². The number of ether oxygens (including phenoxy) is 1. The average Bonchev–Trinajstić information content (AvgIpc) is 3.24. The lowest BCUT2D eigenvalue weighted by molar-refractivity contribution is -0.154. The second-order valence-corrected chi connectivity index (χ2v) is 8.18. The zero-order valence-corrected chi connectivity index (χ0v) is 19.0. The number of esters is 1. The third kappa shape index (κ3) is 6.11. The van der Waals surface area contributed by atoms with E-state index in [1.165, 1.54) is 26.0 Å². The second kappa shape index (κ2) is 10.5. The fourth-order valence-corrected chi connectivity index (χ4v) is 3.58. The van der Waals surface area contributed by atoms with Crippen LogP contribution in [0.2, 0.25) is 5.02 Å². The molecule has 2 aromatic carbocycles. The Morgan fingerprint density at radius 3 is 2.52 bits per heavy atom. The lowest BCUT2D eigenvalue weighted by Gasteiger charge is -2.17. The highest BCUT2D eigenvalue weighted by Gasteiger charge is 2.24. The first-order valence-electron chi connectivity index (χ1n) is 9.63. The number of anilines is 1. The predicted molar refractivity (Wildman–Crippen MR) is 120 cm³/mol. The zero-order chi connectivity index (χ0) is 24.1. The van der Waals surface area contributed by atoms with Crippen LogP contribution in [0.3, 0.4) is 0 Å². The van der Waals surface area contributed by atoms with E-state index in [0.717, 1.165) is 23.5 Å². The fraction of sp³-hybridized carbons (Fsp3) is 0.182. The number of carbonyl (C=O) groups is 3. The van der Waals surface area contributed by atoms with Gasteiger partial charge in [-0.1, -0.05) is 23.7 Å². The van der Waals surface area contributed by atoms with Crippen LogP contribution in [0, 0.1) is 11.6 Å². The molecule has 1 aromatic heterocycles. The summed E-state index contributed by atoms with van der Waals surface area (Å²) in [6.45, 7) is 2.77. The highest BCUT2D eigenvalue weighted by Crippen LogP contribution is 2.26. The Kier molecular flexibility index (Phi) is 7.72. The standard InChI is InChI=1S/C22H18ClF2N3O4S/c1-11(26-20(30)14-5-3-4-6-15(14)23)21(31)32-12(2)19(29)28-22-27-18(10-33-22)13-7-8-16(24)17(25)9-13/h3-12H,1-2H3,(H,26,30)(H,27,28,29)/t11-,12+/m1/s1. The van der Waals surface area contributed by atoms with Crippen LogP contribution in [0.1, 0.15) is 24.2 Å². The number of nitrogens with zero attached hydrogens (tertiary/aromatic N) is 1. The number of rotatable bonds is 7. The summed E-state index contributed by atoms with van der Waals surface area (Å²) in [5.41, 5.74) is 0.883. The Bertz CT molecular complexity index is 1200. The molecule has 0 bridgehead atoms. The van der Waals surface area contributed by atoms with Gasteiger partial charge in [0.25, 0.3) is 11.8 Å². The van der Waals surface area contributed by atoms with Gasteiger partial charge < -0.3 is 10.1 Å². The van der Waals surface area contributed by atoms with Gasteiger partial charge in [0.05, 0.1) is 16.3 Å². The molecule has 0 aliphatic carbocycles. The summed E-state index contributed by atoms with van der Waals surface area (Å²) < 4.78 is 31.6. The van der Waals surface area contributed by atoms with E-state index in [2.05, 4.69) is 15.6 Å². The molecule has 33 heavy (non-hydrogen) atoms. The lowest BCUT2D eigenvalue weighted by Crippen LogP contribution is -2.42. The Morgan fingerprint density at radius 2 is 1.82 bits per heavy atom. The maximum Gasteiger partial charge on any atom is 0.329 e. The predicted octanol–water partition coefficient (Wildman–Crippen LogP) is 4.43. The number of halogens is 3. The quantitative estimate of drug-likeness (QED) is 0.474. The Morgan fingerprint density at radius 1 is 1.09 bits per heavy atom. The molecule has 0 radical (unpaired) electrons. The molecule has 0 unspecified atom stereocenters. The first kappa shape index (κ1) is 24.3. The van der Waals surface area contributed by atoms with Crippen molar-refractivity contribution in [3.8, 4) is 11.3 Å². The Balaban J connectivity index is 1.55. The van der Waals surface area contributed by atoms with E-state index < -0.39 is 41.6 Å². The van der Waals surface area contributed by atoms with E-state index in [4.69, 9.17) is 16.3 Å². The van der Waals surface area contributed by atoms with Crippen LogP contribution >= 0.6 is 22.9 Å². The van der Waals surface area contributed by atoms with Gasteiger partial charge >= 0.3 is 5.97 Å². The van der Waals surface area contributed by atoms with Crippen LogP contribution in [0.25, 0.3) is 11.3 Å². The second-order valence-electron chi connectivity index (χ2n) is 6.91. The van der Waals surface area contributed by atoms with Crippen molar-refractivity contribution in [3.05, 3.63) is 70.1 Å². The molecule has 2 amide bonds. The van der Waals surface area contributed by atoms with Crippen LogP contribution in [0.15, 0.2) is 47.8 Å². The molecule has 3 rings (SSSR count). The van der Waals surface area contributed by atoms with Crippen molar-refractivity contribution in [2.45, 2.75) is 26.0 Å². The molecular weight excluding hydrogens is 476 g/mol. The molecule has 11 heteroatoms. The molecular formula is C22H18ClF2N3O4S. The third-order valence-corrected chi connectivity index (χ3v) is 5.52. The molecule has 7 nitrogen and oxygen atoms in total. The van der Waals surface area contributed by atoms with Gasteiger partial charge in [-0.15, -0.1) is 11.3 Å². The van der Waals surface area contributed by atoms with Gasteiger partial charge in [-0.05, 0) is 44.2 Å². The maximum atomic E-state index is 13.4. The third-order valence-electron chi connectivity index (χ3n) is 4.43. The van der Waals surface area contributed by atoms with Gasteiger partial charge in [0.2, 0.25) is 0 Å². The molecule has 2 N–H and O–H groups in total. The van der Waals surface area contributed by atoms with Crippen LogP contribution in [0.4, 0.5) is 13.9 Å². The smallest absolute Gasteiger partial charge is 0.329 e. The summed E-state index contributed by atoms with van der Waals surface area (Å²) in [5, 5.41) is 6.93. The van der Waals surface area contributed by atoms with E-state index in [9.17, 15) is 23.2 Å². The number of amides is 2. The number of thiazole rings is 1. The summed E-state index contributed by atoms with van der Waals surface area (Å²) in [5.74, 6) is -4.02. The van der Waals surface area contributed by atoms with Crippen LogP contribution in [0.5, 0.6) is 0 Å². The van der Waals surface area contributed by atoms with Crippen molar-refractivity contribution >= 4 is 45.9 Å². The van der Waals surface area contributed by atoms with Crippen LogP contribution < -0.4 is 10.6 Å². The van der Waals surface area contributed by atoms with Crippen molar-refractivity contribution in [1.29, 1.82) is 0 Å². The average molecular weight is 494 g/mol. The molecule has 3 aromatic rings. The van der Waals surface area contributed by atoms with Crippen molar-refractivity contribution < 1.29 is 27.9 Å². The molecule has 0 fully saturated rings.